The van der Waals surface area contributed by atoms with E-state index in [1.807, 2.05) is 32.2 Å². The molecule has 2 fully saturated rings. The fourth-order valence-corrected chi connectivity index (χ4v) is 5.87. The van der Waals surface area contributed by atoms with Crippen LogP contribution in [0.1, 0.15) is 65.8 Å². The molecule has 1 aliphatic heterocycles. The molecule has 6 rings (SSSR count). The van der Waals surface area contributed by atoms with Gasteiger partial charge in [-0.2, -0.15) is 0 Å². The number of rotatable bonds is 6. The zero-order valence-corrected chi connectivity index (χ0v) is 26.6. The first-order chi connectivity index (χ1) is 21.2. The van der Waals surface area contributed by atoms with Crippen LogP contribution in [0.5, 0.6) is 11.6 Å². The second-order valence-electron chi connectivity index (χ2n) is 11.2. The molecule has 44 heavy (non-hydrogen) atoms. The molecule has 3 aromatic heterocycles. The Morgan fingerprint density at radius 3 is 2.57 bits per heavy atom. The van der Waals surface area contributed by atoms with E-state index >= 15 is 0 Å². The lowest BCUT2D eigenvalue weighted by molar-refractivity contribution is -0.112. The van der Waals surface area contributed by atoms with Crippen LogP contribution in [0.4, 0.5) is 11.5 Å². The third kappa shape index (κ3) is 5.59. The Kier molecular flexibility index (Phi) is 7.98. The molecule has 4 aromatic rings. The molecule has 2 amide bonds. The molecular formula is C32H32BrN7O4. The Bertz CT molecular complexity index is 1850. The van der Waals surface area contributed by atoms with Crippen LogP contribution in [0.25, 0.3) is 11.0 Å². The van der Waals surface area contributed by atoms with Crippen LogP contribution in [-0.2, 0) is 11.8 Å². The number of piperidine rings is 1. The van der Waals surface area contributed by atoms with Crippen LogP contribution in [-0.4, -0.2) is 65.7 Å². The van der Waals surface area contributed by atoms with E-state index in [4.69, 9.17) is 9.72 Å². The summed E-state index contributed by atoms with van der Waals surface area (Å²) in [7, 11) is 1.82. The van der Waals surface area contributed by atoms with Crippen molar-refractivity contribution in [3.63, 3.8) is 0 Å². The van der Waals surface area contributed by atoms with E-state index in [2.05, 4.69) is 48.9 Å². The monoisotopic (exact) mass is 657 g/mol. The fourth-order valence-electron chi connectivity index (χ4n) is 5.51. The Morgan fingerprint density at radius 2 is 1.86 bits per heavy atom. The topological polar surface area (TPSA) is 127 Å². The summed E-state index contributed by atoms with van der Waals surface area (Å²) in [6.45, 7) is 6.13. The molecular weight excluding hydrogens is 626 g/mol. The molecule has 0 spiro atoms. The SMILES string of the molecule is CC#CC(=O)N(c1ccc2c(n1)c(OC1CCN(C(=O)c3ncnc(C)c3O)CC1)nn2C)c1cc(C)c(Br)cc1C1CC1. The summed E-state index contributed by atoms with van der Waals surface area (Å²) in [6, 6.07) is 7.81. The molecule has 12 heteroatoms. The molecule has 2 aliphatic rings. The van der Waals surface area contributed by atoms with Crippen molar-refractivity contribution < 1.29 is 19.4 Å². The van der Waals surface area contributed by atoms with Gasteiger partial charge >= 0.3 is 5.91 Å². The first-order valence-electron chi connectivity index (χ1n) is 14.5. The molecule has 1 saturated heterocycles. The molecule has 1 saturated carbocycles. The van der Waals surface area contributed by atoms with E-state index in [9.17, 15) is 14.7 Å². The summed E-state index contributed by atoms with van der Waals surface area (Å²) in [5.41, 5.74) is 4.53. The molecule has 0 unspecified atom stereocenters. The van der Waals surface area contributed by atoms with Crippen molar-refractivity contribution in [2.45, 2.75) is 58.5 Å². The minimum Gasteiger partial charge on any atom is -0.504 e. The summed E-state index contributed by atoms with van der Waals surface area (Å²) in [6.07, 6.45) is 4.34. The number of aromatic hydroxyl groups is 1. The second kappa shape index (κ2) is 11.9. The zero-order chi connectivity index (χ0) is 31.1. The van der Waals surface area contributed by atoms with E-state index in [1.165, 1.54) is 6.33 Å². The molecule has 4 heterocycles. The van der Waals surface area contributed by atoms with Gasteiger partial charge in [0.05, 0.1) is 16.9 Å². The second-order valence-corrected chi connectivity index (χ2v) is 12.0. The Labute approximate surface area is 263 Å². The number of fused-ring (bicyclic) bond motifs is 1. The van der Waals surface area contributed by atoms with E-state index < -0.39 is 0 Å². The van der Waals surface area contributed by atoms with Crippen molar-refractivity contribution in [2.75, 3.05) is 18.0 Å². The summed E-state index contributed by atoms with van der Waals surface area (Å²) in [5.74, 6) is 5.73. The van der Waals surface area contributed by atoms with Crippen molar-refractivity contribution in [3.05, 3.63) is 57.6 Å². The van der Waals surface area contributed by atoms with E-state index in [-0.39, 0.29) is 29.4 Å². The lowest BCUT2D eigenvalue weighted by atomic mass is 10.0. The maximum absolute atomic E-state index is 13.5. The summed E-state index contributed by atoms with van der Waals surface area (Å²) >= 11 is 3.66. The number of likely N-dealkylation sites (tertiary alicyclic amines) is 1. The number of hydrogen-bond donors (Lipinski definition) is 1. The van der Waals surface area contributed by atoms with Crippen LogP contribution >= 0.6 is 15.9 Å². The highest BCUT2D eigenvalue weighted by Crippen LogP contribution is 2.47. The van der Waals surface area contributed by atoms with Crippen LogP contribution in [0.2, 0.25) is 0 Å². The van der Waals surface area contributed by atoms with Gasteiger partial charge in [-0.15, -0.1) is 5.10 Å². The van der Waals surface area contributed by atoms with Crippen molar-refractivity contribution in [1.82, 2.24) is 29.6 Å². The highest BCUT2D eigenvalue weighted by Gasteiger charge is 2.32. The van der Waals surface area contributed by atoms with Gasteiger partial charge < -0.3 is 14.7 Å². The number of aromatic nitrogens is 5. The molecule has 0 radical (unpaired) electrons. The number of aryl methyl sites for hydroxylation is 3. The minimum atomic E-state index is -0.365. The quantitative estimate of drug-likeness (QED) is 0.284. The standard InChI is InChI=1S/C32H32BrN7O4/c1-5-6-27(41)40(25-15-18(2)23(33)16-22(25)20-7-8-20)26-10-9-24-28(36-26)31(37-38(24)4)44-21-11-13-39(14-12-21)32(43)29-30(42)19(3)34-17-35-29/h9-10,15-17,20-21,42H,7-8,11-14H2,1-4H3. The third-order valence-electron chi connectivity index (χ3n) is 8.10. The maximum atomic E-state index is 13.5. The highest BCUT2D eigenvalue weighted by molar-refractivity contribution is 9.10. The number of pyridine rings is 1. The lowest BCUT2D eigenvalue weighted by Gasteiger charge is -2.31. The Balaban J connectivity index is 1.28. The third-order valence-corrected chi connectivity index (χ3v) is 8.95. The van der Waals surface area contributed by atoms with Gasteiger partial charge in [0.25, 0.3) is 11.8 Å². The summed E-state index contributed by atoms with van der Waals surface area (Å²) in [4.78, 5) is 42.6. The van der Waals surface area contributed by atoms with Crippen LogP contribution in [0.3, 0.4) is 0 Å². The number of anilines is 2. The summed E-state index contributed by atoms with van der Waals surface area (Å²) < 4.78 is 9.08. The van der Waals surface area contributed by atoms with Crippen LogP contribution < -0.4 is 9.64 Å². The largest absolute Gasteiger partial charge is 0.504 e. The molecule has 1 aromatic carbocycles. The number of hydrogen-bond acceptors (Lipinski definition) is 8. The van der Waals surface area contributed by atoms with Gasteiger partial charge in [0.1, 0.15) is 18.2 Å². The van der Waals surface area contributed by atoms with Crippen molar-refractivity contribution >= 4 is 50.3 Å². The van der Waals surface area contributed by atoms with E-state index in [0.717, 1.165) is 39.6 Å². The number of ether oxygens (including phenoxy) is 1. The average molecular weight is 659 g/mol. The first-order valence-corrected chi connectivity index (χ1v) is 15.3. The first kappa shape index (κ1) is 29.6. The molecule has 0 bridgehead atoms. The number of nitrogens with zero attached hydrogens (tertiary/aromatic N) is 7. The molecule has 1 aliphatic carbocycles. The predicted octanol–water partition coefficient (Wildman–Crippen LogP) is 5.09. The number of benzene rings is 1. The van der Waals surface area contributed by atoms with E-state index in [1.54, 1.807) is 28.3 Å². The minimum absolute atomic E-state index is 0.00185. The van der Waals surface area contributed by atoms with Crippen molar-refractivity contribution in [1.29, 1.82) is 0 Å². The van der Waals surface area contributed by atoms with Gasteiger partial charge in [0.15, 0.2) is 17.0 Å². The Morgan fingerprint density at radius 1 is 1.11 bits per heavy atom. The molecule has 0 atom stereocenters. The van der Waals surface area contributed by atoms with Gasteiger partial charge in [-0.1, -0.05) is 21.9 Å². The number of amides is 2. The van der Waals surface area contributed by atoms with Crippen LogP contribution in [0, 0.1) is 25.7 Å². The van der Waals surface area contributed by atoms with Gasteiger partial charge in [0, 0.05) is 37.5 Å². The average Bonchev–Trinajstić information content (AvgIpc) is 3.81. The van der Waals surface area contributed by atoms with E-state index in [0.29, 0.717) is 54.8 Å². The highest BCUT2D eigenvalue weighted by atomic mass is 79.9. The van der Waals surface area contributed by atoms with Crippen LogP contribution in [0.15, 0.2) is 35.1 Å². The molecule has 226 valence electrons. The lowest BCUT2D eigenvalue weighted by Crippen LogP contribution is -2.42. The number of carbonyl (C=O) groups excluding carboxylic acids is 2. The zero-order valence-electron chi connectivity index (χ0n) is 25.0. The molecule has 11 nitrogen and oxygen atoms in total. The van der Waals surface area contributed by atoms with Gasteiger partial charge in [0.2, 0.25) is 0 Å². The van der Waals surface area contributed by atoms with Crippen molar-refractivity contribution in [2.24, 2.45) is 7.05 Å². The predicted molar refractivity (Wildman–Crippen MR) is 168 cm³/mol. The normalized spacial score (nSPS) is 15.2. The fraction of sp³-hybridized carbons (Fsp3) is 0.375. The summed E-state index contributed by atoms with van der Waals surface area (Å²) in [5, 5.41) is 14.9. The van der Waals surface area contributed by atoms with Gasteiger partial charge in [-0.25, -0.2) is 15.0 Å². The molecule has 1 N–H and O–H groups in total. The Hall–Kier alpha value is -4.50. The maximum Gasteiger partial charge on any atom is 0.308 e. The number of carbonyl (C=O) groups is 2. The van der Waals surface area contributed by atoms with Crippen molar-refractivity contribution in [3.8, 4) is 23.5 Å². The number of halogens is 1. The smallest absolute Gasteiger partial charge is 0.308 e. The van der Waals surface area contributed by atoms with Gasteiger partial charge in [-0.3, -0.25) is 19.2 Å². The van der Waals surface area contributed by atoms with Gasteiger partial charge in [-0.05, 0) is 80.8 Å².